The Morgan fingerprint density at radius 1 is 1.47 bits per heavy atom. The second-order valence-corrected chi connectivity index (χ2v) is 5.41. The van der Waals surface area contributed by atoms with Crippen molar-refractivity contribution in [2.24, 2.45) is 5.92 Å². The van der Waals surface area contributed by atoms with Gasteiger partial charge in [0, 0.05) is 4.91 Å². The van der Waals surface area contributed by atoms with E-state index in [9.17, 15) is 0 Å². The average molecular weight is 244 g/mol. The Labute approximate surface area is 110 Å². The summed E-state index contributed by atoms with van der Waals surface area (Å²) < 4.78 is 0. The largest absolute Gasteiger partial charge is 0.143 e. The van der Waals surface area contributed by atoms with Gasteiger partial charge in [-0.1, -0.05) is 44.7 Å². The topological polar surface area (TPSA) is 0 Å². The van der Waals surface area contributed by atoms with Crippen molar-refractivity contribution in [3.63, 3.8) is 0 Å². The van der Waals surface area contributed by atoms with E-state index in [2.05, 4.69) is 50.9 Å². The smallest absolute Gasteiger partial charge is 0.00406 e. The van der Waals surface area contributed by atoms with Crippen molar-refractivity contribution < 1.29 is 0 Å². The van der Waals surface area contributed by atoms with Gasteiger partial charge in [-0.3, -0.25) is 0 Å². The maximum absolute atomic E-state index is 4.31. The monoisotopic (exact) mass is 244 g/mol. The molecule has 0 heterocycles. The van der Waals surface area contributed by atoms with E-state index in [4.69, 9.17) is 0 Å². The molecule has 1 aliphatic rings. The summed E-state index contributed by atoms with van der Waals surface area (Å²) in [5.41, 5.74) is 5.22. The van der Waals surface area contributed by atoms with Crippen LogP contribution in [-0.2, 0) is 6.42 Å². The van der Waals surface area contributed by atoms with Crippen molar-refractivity contribution in [1.29, 1.82) is 0 Å². The van der Waals surface area contributed by atoms with Crippen LogP contribution in [0.4, 0.5) is 0 Å². The standard InChI is InChI=1S/C16H20S/c1-4-5-13-6-7-15-10-14(12(3)17)8-9-16(15)11(13)2/h8-10,13,17H,2-7H2,1H3. The SMILES string of the molecule is C=C(S)c1ccc2c(c1)CCC(CCC)C2=C. The van der Waals surface area contributed by atoms with E-state index in [-0.39, 0.29) is 0 Å². The second-order valence-electron chi connectivity index (χ2n) is 4.87. The molecule has 1 unspecified atom stereocenters. The minimum Gasteiger partial charge on any atom is -0.143 e. The molecule has 1 heteroatoms. The van der Waals surface area contributed by atoms with Crippen LogP contribution in [0.15, 0.2) is 31.4 Å². The van der Waals surface area contributed by atoms with E-state index in [1.807, 2.05) is 0 Å². The van der Waals surface area contributed by atoms with E-state index in [0.29, 0.717) is 5.92 Å². The Morgan fingerprint density at radius 3 is 2.88 bits per heavy atom. The Balaban J connectivity index is 2.32. The Bertz CT molecular complexity index is 457. The number of aryl methyl sites for hydroxylation is 1. The fraction of sp³-hybridized carbons (Fsp3) is 0.375. The van der Waals surface area contributed by atoms with Gasteiger partial charge in [0.1, 0.15) is 0 Å². The number of rotatable bonds is 3. The van der Waals surface area contributed by atoms with Crippen LogP contribution in [0, 0.1) is 5.92 Å². The molecule has 0 saturated heterocycles. The molecule has 1 aromatic carbocycles. The predicted octanol–water partition coefficient (Wildman–Crippen LogP) is 4.96. The van der Waals surface area contributed by atoms with Crippen LogP contribution < -0.4 is 0 Å². The zero-order chi connectivity index (χ0) is 12.4. The summed E-state index contributed by atoms with van der Waals surface area (Å²) in [5, 5.41) is 0. The molecule has 0 nitrogen and oxygen atoms in total. The number of hydrogen-bond donors (Lipinski definition) is 1. The van der Waals surface area contributed by atoms with Crippen LogP contribution in [0.25, 0.3) is 10.5 Å². The third-order valence-electron chi connectivity index (χ3n) is 3.68. The van der Waals surface area contributed by atoms with Crippen LogP contribution >= 0.6 is 12.6 Å². The Morgan fingerprint density at radius 2 is 2.24 bits per heavy atom. The first-order valence-corrected chi connectivity index (χ1v) is 6.78. The maximum Gasteiger partial charge on any atom is 0.00406 e. The Hall–Kier alpha value is -0.950. The summed E-state index contributed by atoms with van der Waals surface area (Å²) in [6.45, 7) is 10.4. The normalized spacial score (nSPS) is 18.9. The molecule has 0 saturated carbocycles. The fourth-order valence-corrected chi connectivity index (χ4v) is 2.82. The molecule has 1 aliphatic carbocycles. The third-order valence-corrected chi connectivity index (χ3v) is 3.93. The summed E-state index contributed by atoms with van der Waals surface area (Å²) in [6, 6.07) is 6.52. The minimum atomic E-state index is 0.678. The molecule has 0 fully saturated rings. The van der Waals surface area contributed by atoms with Gasteiger partial charge in [0.25, 0.3) is 0 Å². The van der Waals surface area contributed by atoms with Crippen LogP contribution in [0.1, 0.15) is 42.9 Å². The van der Waals surface area contributed by atoms with Crippen LogP contribution in [0.2, 0.25) is 0 Å². The summed E-state index contributed by atoms with van der Waals surface area (Å²) in [7, 11) is 0. The van der Waals surface area contributed by atoms with Crippen LogP contribution in [0.3, 0.4) is 0 Å². The molecule has 1 aromatic rings. The van der Waals surface area contributed by atoms with Crippen molar-refractivity contribution in [3.05, 3.63) is 48.0 Å². The van der Waals surface area contributed by atoms with Crippen molar-refractivity contribution in [2.75, 3.05) is 0 Å². The quantitative estimate of drug-likeness (QED) is 0.714. The highest BCUT2D eigenvalue weighted by Gasteiger charge is 2.21. The number of allylic oxidation sites excluding steroid dienone is 1. The highest BCUT2D eigenvalue weighted by Crippen LogP contribution is 2.37. The molecule has 0 N–H and O–H groups in total. The van der Waals surface area contributed by atoms with Crippen molar-refractivity contribution in [2.45, 2.75) is 32.6 Å². The first-order valence-electron chi connectivity index (χ1n) is 6.33. The average Bonchev–Trinajstić information content (AvgIpc) is 2.32. The fourth-order valence-electron chi connectivity index (χ4n) is 2.68. The molecular weight excluding hydrogens is 224 g/mol. The number of hydrogen-bond acceptors (Lipinski definition) is 1. The first-order chi connectivity index (χ1) is 8.13. The summed E-state index contributed by atoms with van der Waals surface area (Å²) in [4.78, 5) is 0.842. The zero-order valence-corrected chi connectivity index (χ0v) is 11.4. The van der Waals surface area contributed by atoms with Gasteiger partial charge in [-0.05, 0) is 47.4 Å². The van der Waals surface area contributed by atoms with Gasteiger partial charge in [0.2, 0.25) is 0 Å². The Kier molecular flexibility index (Phi) is 3.78. The molecule has 90 valence electrons. The summed E-state index contributed by atoms with van der Waals surface area (Å²) >= 11 is 4.31. The molecule has 0 amide bonds. The van der Waals surface area contributed by atoms with Gasteiger partial charge >= 0.3 is 0 Å². The molecular formula is C16H20S. The summed E-state index contributed by atoms with van der Waals surface area (Å²) in [5.74, 6) is 0.678. The number of benzene rings is 1. The van der Waals surface area contributed by atoms with E-state index in [0.717, 1.165) is 16.9 Å². The molecule has 0 bridgehead atoms. The second kappa shape index (κ2) is 5.14. The van der Waals surface area contributed by atoms with Crippen LogP contribution in [-0.4, -0.2) is 0 Å². The van der Waals surface area contributed by atoms with Gasteiger partial charge in [0.05, 0.1) is 0 Å². The summed E-state index contributed by atoms with van der Waals surface area (Å²) in [6.07, 6.45) is 4.90. The number of fused-ring (bicyclic) bond motifs is 1. The third kappa shape index (κ3) is 2.50. The molecule has 0 aliphatic heterocycles. The molecule has 2 rings (SSSR count). The minimum absolute atomic E-state index is 0.678. The molecule has 0 radical (unpaired) electrons. The van der Waals surface area contributed by atoms with Gasteiger partial charge in [-0.25, -0.2) is 0 Å². The lowest BCUT2D eigenvalue weighted by atomic mass is 9.78. The molecule has 17 heavy (non-hydrogen) atoms. The van der Waals surface area contributed by atoms with Crippen LogP contribution in [0.5, 0.6) is 0 Å². The molecule has 0 spiro atoms. The highest BCUT2D eigenvalue weighted by atomic mass is 32.1. The van der Waals surface area contributed by atoms with E-state index in [1.165, 1.54) is 36.0 Å². The van der Waals surface area contributed by atoms with Crippen molar-refractivity contribution >= 4 is 23.1 Å². The lowest BCUT2D eigenvalue weighted by molar-refractivity contribution is 0.539. The molecule has 1 atom stereocenters. The number of thiol groups is 1. The highest BCUT2D eigenvalue weighted by molar-refractivity contribution is 7.90. The van der Waals surface area contributed by atoms with E-state index >= 15 is 0 Å². The lowest BCUT2D eigenvalue weighted by Gasteiger charge is -2.27. The van der Waals surface area contributed by atoms with E-state index < -0.39 is 0 Å². The molecule has 0 aromatic heterocycles. The lowest BCUT2D eigenvalue weighted by Crippen LogP contribution is -2.12. The van der Waals surface area contributed by atoms with Gasteiger partial charge in [0.15, 0.2) is 0 Å². The van der Waals surface area contributed by atoms with Crippen molar-refractivity contribution in [1.82, 2.24) is 0 Å². The zero-order valence-electron chi connectivity index (χ0n) is 10.5. The first kappa shape index (κ1) is 12.5. The van der Waals surface area contributed by atoms with E-state index in [1.54, 1.807) is 0 Å². The van der Waals surface area contributed by atoms with Crippen molar-refractivity contribution in [3.8, 4) is 0 Å². The van der Waals surface area contributed by atoms with Gasteiger partial charge < -0.3 is 0 Å². The maximum atomic E-state index is 4.31. The van der Waals surface area contributed by atoms with Gasteiger partial charge in [-0.15, -0.1) is 12.6 Å². The predicted molar refractivity (Wildman–Crippen MR) is 80.2 cm³/mol. The van der Waals surface area contributed by atoms with Gasteiger partial charge in [-0.2, -0.15) is 0 Å².